The number of aliphatic hydroxyl groups excluding tert-OH is 1. The fourth-order valence-corrected chi connectivity index (χ4v) is 2.64. The molecule has 22 heavy (non-hydrogen) atoms. The summed E-state index contributed by atoms with van der Waals surface area (Å²) in [5.74, 6) is 0. The molecular formula is C14H22N4O4. The molecule has 0 radical (unpaired) electrons. The molecule has 1 heterocycles. The monoisotopic (exact) mass is 310 g/mol. The summed E-state index contributed by atoms with van der Waals surface area (Å²) >= 11 is 0. The fourth-order valence-electron chi connectivity index (χ4n) is 2.64. The van der Waals surface area contributed by atoms with Crippen molar-refractivity contribution in [2.45, 2.75) is 6.10 Å². The zero-order valence-electron chi connectivity index (χ0n) is 12.6. The van der Waals surface area contributed by atoms with E-state index < -0.39 is 11.0 Å². The number of nitro groups is 1. The van der Waals surface area contributed by atoms with Gasteiger partial charge in [-0.25, -0.2) is 0 Å². The lowest BCUT2D eigenvalue weighted by Gasteiger charge is -2.36. The van der Waals surface area contributed by atoms with Gasteiger partial charge in [-0.3, -0.25) is 15.0 Å². The molecule has 1 aliphatic rings. The van der Waals surface area contributed by atoms with Gasteiger partial charge in [-0.15, -0.1) is 0 Å². The van der Waals surface area contributed by atoms with Gasteiger partial charge in [0.2, 0.25) is 0 Å². The topological polar surface area (TPSA) is 105 Å². The number of anilines is 2. The van der Waals surface area contributed by atoms with Crippen molar-refractivity contribution in [2.75, 3.05) is 57.1 Å². The molecule has 1 aliphatic heterocycles. The Kier molecular flexibility index (Phi) is 5.53. The number of ether oxygens (including phenoxy) is 1. The van der Waals surface area contributed by atoms with Crippen molar-refractivity contribution in [1.29, 1.82) is 0 Å². The minimum Gasteiger partial charge on any atom is -0.393 e. The van der Waals surface area contributed by atoms with Crippen LogP contribution in [0.3, 0.4) is 0 Å². The quantitative estimate of drug-likeness (QED) is 0.442. The highest BCUT2D eigenvalue weighted by Crippen LogP contribution is 2.27. The molecule has 3 N–H and O–H groups in total. The van der Waals surface area contributed by atoms with Gasteiger partial charge in [0.25, 0.3) is 5.69 Å². The molecule has 1 unspecified atom stereocenters. The van der Waals surface area contributed by atoms with Crippen molar-refractivity contribution in [3.63, 3.8) is 0 Å². The van der Waals surface area contributed by atoms with Crippen molar-refractivity contribution >= 4 is 17.1 Å². The van der Waals surface area contributed by atoms with Gasteiger partial charge in [0, 0.05) is 51.6 Å². The van der Waals surface area contributed by atoms with Crippen LogP contribution in [0.5, 0.6) is 0 Å². The molecular weight excluding hydrogens is 288 g/mol. The molecule has 1 aromatic carbocycles. The average molecular weight is 310 g/mol. The van der Waals surface area contributed by atoms with Gasteiger partial charge in [0.05, 0.1) is 17.6 Å². The van der Waals surface area contributed by atoms with Gasteiger partial charge in [-0.2, -0.15) is 0 Å². The standard InChI is InChI=1S/C14H22N4O4/c1-22-10-12(19)9-16-4-6-17(7-5-16)11-2-3-14(18(20)21)13(15)8-11/h2-3,8,12,19H,4-7,9-10,15H2,1H3. The summed E-state index contributed by atoms with van der Waals surface area (Å²) in [5, 5.41) is 20.5. The highest BCUT2D eigenvalue weighted by Gasteiger charge is 2.21. The molecule has 8 heteroatoms. The summed E-state index contributed by atoms with van der Waals surface area (Å²) in [7, 11) is 1.57. The van der Waals surface area contributed by atoms with E-state index in [4.69, 9.17) is 10.5 Å². The summed E-state index contributed by atoms with van der Waals surface area (Å²) in [6.07, 6.45) is -0.480. The van der Waals surface area contributed by atoms with E-state index in [2.05, 4.69) is 9.80 Å². The van der Waals surface area contributed by atoms with E-state index in [0.717, 1.165) is 31.9 Å². The van der Waals surface area contributed by atoms with Crippen LogP contribution in [0.15, 0.2) is 18.2 Å². The van der Waals surface area contributed by atoms with Crippen LogP contribution in [-0.4, -0.2) is 67.5 Å². The van der Waals surface area contributed by atoms with Crippen LogP contribution in [-0.2, 0) is 4.74 Å². The molecule has 8 nitrogen and oxygen atoms in total. The van der Waals surface area contributed by atoms with Crippen LogP contribution in [0.4, 0.5) is 17.1 Å². The van der Waals surface area contributed by atoms with Crippen molar-refractivity contribution in [3.05, 3.63) is 28.3 Å². The van der Waals surface area contributed by atoms with Crippen LogP contribution >= 0.6 is 0 Å². The molecule has 0 amide bonds. The predicted molar refractivity (Wildman–Crippen MR) is 84.0 cm³/mol. The Hall–Kier alpha value is -1.90. The minimum absolute atomic E-state index is 0.0647. The lowest BCUT2D eigenvalue weighted by molar-refractivity contribution is -0.383. The maximum absolute atomic E-state index is 10.8. The number of nitrogen functional groups attached to an aromatic ring is 1. The van der Waals surface area contributed by atoms with Crippen molar-refractivity contribution < 1.29 is 14.8 Å². The summed E-state index contributed by atoms with van der Waals surface area (Å²) < 4.78 is 4.92. The third-order valence-corrected chi connectivity index (χ3v) is 3.77. The number of hydrogen-bond donors (Lipinski definition) is 2. The first-order valence-corrected chi connectivity index (χ1v) is 7.19. The number of piperazine rings is 1. The second-order valence-electron chi connectivity index (χ2n) is 5.40. The highest BCUT2D eigenvalue weighted by molar-refractivity contribution is 5.66. The van der Waals surface area contributed by atoms with Crippen LogP contribution in [0.2, 0.25) is 0 Å². The Labute approximate surface area is 129 Å². The summed E-state index contributed by atoms with van der Waals surface area (Å²) in [6, 6.07) is 4.82. The van der Waals surface area contributed by atoms with E-state index in [1.807, 2.05) is 0 Å². The molecule has 1 aromatic rings. The first kappa shape index (κ1) is 16.5. The Morgan fingerprint density at radius 2 is 2.09 bits per heavy atom. The van der Waals surface area contributed by atoms with Gasteiger partial charge < -0.3 is 20.5 Å². The SMILES string of the molecule is COCC(O)CN1CCN(c2ccc([N+](=O)[O-])c(N)c2)CC1. The van der Waals surface area contributed by atoms with E-state index in [9.17, 15) is 15.2 Å². The molecule has 0 bridgehead atoms. The highest BCUT2D eigenvalue weighted by atomic mass is 16.6. The van der Waals surface area contributed by atoms with E-state index in [1.54, 1.807) is 19.2 Å². The fraction of sp³-hybridized carbons (Fsp3) is 0.571. The van der Waals surface area contributed by atoms with Crippen LogP contribution in [0.25, 0.3) is 0 Å². The van der Waals surface area contributed by atoms with E-state index >= 15 is 0 Å². The lowest BCUT2D eigenvalue weighted by Crippen LogP contribution is -2.49. The molecule has 1 atom stereocenters. The zero-order valence-corrected chi connectivity index (χ0v) is 12.6. The van der Waals surface area contributed by atoms with Crippen molar-refractivity contribution in [2.24, 2.45) is 0 Å². The number of nitro benzene ring substituents is 1. The lowest BCUT2D eigenvalue weighted by atomic mass is 10.2. The first-order valence-electron chi connectivity index (χ1n) is 7.19. The first-order chi connectivity index (χ1) is 10.5. The van der Waals surface area contributed by atoms with Gasteiger partial charge in [0.15, 0.2) is 0 Å². The normalized spacial score (nSPS) is 17.5. The number of nitrogens with zero attached hydrogens (tertiary/aromatic N) is 3. The van der Waals surface area contributed by atoms with Gasteiger partial charge in [-0.1, -0.05) is 0 Å². The van der Waals surface area contributed by atoms with Gasteiger partial charge in [-0.05, 0) is 12.1 Å². The Bertz CT molecular complexity index is 518. The number of β-amino-alcohol motifs (C(OH)–C–C–N with tert-alkyl or cyclic N) is 1. The Morgan fingerprint density at radius 3 is 2.64 bits per heavy atom. The molecule has 0 spiro atoms. The Morgan fingerprint density at radius 1 is 1.41 bits per heavy atom. The summed E-state index contributed by atoms with van der Waals surface area (Å²) in [5.41, 5.74) is 6.74. The number of methoxy groups -OCH3 is 1. The third kappa shape index (κ3) is 4.06. The third-order valence-electron chi connectivity index (χ3n) is 3.77. The smallest absolute Gasteiger partial charge is 0.292 e. The maximum atomic E-state index is 10.8. The van der Waals surface area contributed by atoms with Gasteiger partial charge in [0.1, 0.15) is 5.69 Å². The largest absolute Gasteiger partial charge is 0.393 e. The van der Waals surface area contributed by atoms with Crippen LogP contribution < -0.4 is 10.6 Å². The number of benzene rings is 1. The van der Waals surface area contributed by atoms with Crippen molar-refractivity contribution in [3.8, 4) is 0 Å². The number of aliphatic hydroxyl groups is 1. The van der Waals surface area contributed by atoms with Gasteiger partial charge >= 0.3 is 0 Å². The molecule has 0 saturated carbocycles. The van der Waals surface area contributed by atoms with E-state index in [-0.39, 0.29) is 11.4 Å². The molecule has 122 valence electrons. The number of hydrogen-bond acceptors (Lipinski definition) is 7. The van der Waals surface area contributed by atoms with E-state index in [1.165, 1.54) is 6.07 Å². The minimum atomic E-state index is -0.480. The molecule has 0 aromatic heterocycles. The molecule has 1 saturated heterocycles. The zero-order chi connectivity index (χ0) is 16.1. The maximum Gasteiger partial charge on any atom is 0.292 e. The molecule has 0 aliphatic carbocycles. The average Bonchev–Trinajstić information content (AvgIpc) is 2.47. The number of rotatable bonds is 6. The van der Waals surface area contributed by atoms with E-state index in [0.29, 0.717) is 13.2 Å². The van der Waals surface area contributed by atoms with Crippen LogP contribution in [0.1, 0.15) is 0 Å². The number of nitrogens with two attached hydrogens (primary N) is 1. The molecule has 1 fully saturated rings. The van der Waals surface area contributed by atoms with Crippen LogP contribution in [0, 0.1) is 10.1 Å². The summed E-state index contributed by atoms with van der Waals surface area (Å²) in [4.78, 5) is 14.6. The molecule has 2 rings (SSSR count). The second kappa shape index (κ2) is 7.39. The van der Waals surface area contributed by atoms with Crippen molar-refractivity contribution in [1.82, 2.24) is 4.90 Å². The Balaban J connectivity index is 1.91. The predicted octanol–water partition coefficient (Wildman–Crippen LogP) is 0.306. The second-order valence-corrected chi connectivity index (χ2v) is 5.40. The summed E-state index contributed by atoms with van der Waals surface area (Å²) in [6.45, 7) is 4.13.